The van der Waals surface area contributed by atoms with Crippen molar-refractivity contribution in [3.63, 3.8) is 0 Å². The summed E-state index contributed by atoms with van der Waals surface area (Å²) in [7, 11) is 0. The van der Waals surface area contributed by atoms with E-state index < -0.39 is 0 Å². The molecule has 4 rings (SSSR count). The molecule has 1 fully saturated rings. The first-order valence-electron chi connectivity index (χ1n) is 9.85. The molecule has 0 spiro atoms. The van der Waals surface area contributed by atoms with Crippen molar-refractivity contribution in [3.8, 4) is 5.75 Å². The maximum absolute atomic E-state index is 12.6. The fourth-order valence-corrected chi connectivity index (χ4v) is 3.53. The Morgan fingerprint density at radius 3 is 2.21 bits per heavy atom. The van der Waals surface area contributed by atoms with Crippen LogP contribution in [0.4, 0.5) is 0 Å². The second-order valence-corrected chi connectivity index (χ2v) is 7.34. The van der Waals surface area contributed by atoms with Crippen molar-refractivity contribution in [1.82, 2.24) is 9.80 Å². The van der Waals surface area contributed by atoms with Gasteiger partial charge in [0, 0.05) is 31.7 Å². The minimum absolute atomic E-state index is 0.00422. The molecule has 0 aromatic heterocycles. The normalized spacial score (nSPS) is 14.1. The van der Waals surface area contributed by atoms with Gasteiger partial charge in [-0.1, -0.05) is 48.0 Å². The molecule has 0 bridgehead atoms. The molecule has 0 radical (unpaired) electrons. The number of nitrogens with zero attached hydrogens (tertiary/aromatic N) is 2. The Labute approximate surface area is 170 Å². The number of amides is 2. The van der Waals surface area contributed by atoms with Crippen LogP contribution >= 0.6 is 0 Å². The summed E-state index contributed by atoms with van der Waals surface area (Å²) in [6.45, 7) is 4.13. The SMILES string of the molecule is Cc1ccc(C(=O)N2CCN(C(=O)COc3ccc4ccccc4c3)CC2)cc1. The van der Waals surface area contributed by atoms with Crippen LogP contribution in [0.15, 0.2) is 66.7 Å². The maximum Gasteiger partial charge on any atom is 0.260 e. The molecule has 1 saturated heterocycles. The Hall–Kier alpha value is -3.34. The molecule has 0 N–H and O–H groups in total. The van der Waals surface area contributed by atoms with E-state index in [0.29, 0.717) is 37.5 Å². The van der Waals surface area contributed by atoms with Gasteiger partial charge in [0.25, 0.3) is 11.8 Å². The second kappa shape index (κ2) is 8.35. The highest BCUT2D eigenvalue weighted by Crippen LogP contribution is 2.20. The summed E-state index contributed by atoms with van der Waals surface area (Å²) in [4.78, 5) is 28.7. The lowest BCUT2D eigenvalue weighted by Gasteiger charge is -2.34. The average molecular weight is 388 g/mol. The van der Waals surface area contributed by atoms with Crippen LogP contribution in [0.25, 0.3) is 10.8 Å². The molecule has 2 amide bonds. The van der Waals surface area contributed by atoms with E-state index in [-0.39, 0.29) is 18.4 Å². The smallest absolute Gasteiger partial charge is 0.260 e. The number of carbonyl (C=O) groups excluding carboxylic acids is 2. The van der Waals surface area contributed by atoms with Gasteiger partial charge in [-0.2, -0.15) is 0 Å². The van der Waals surface area contributed by atoms with E-state index >= 15 is 0 Å². The molecule has 3 aromatic rings. The molecule has 3 aromatic carbocycles. The number of hydrogen-bond donors (Lipinski definition) is 0. The van der Waals surface area contributed by atoms with Gasteiger partial charge < -0.3 is 14.5 Å². The van der Waals surface area contributed by atoms with E-state index in [1.807, 2.05) is 73.7 Å². The first-order chi connectivity index (χ1) is 14.1. The van der Waals surface area contributed by atoms with E-state index in [9.17, 15) is 9.59 Å². The fourth-order valence-electron chi connectivity index (χ4n) is 3.53. The average Bonchev–Trinajstić information content (AvgIpc) is 2.77. The number of piperazine rings is 1. The summed E-state index contributed by atoms with van der Waals surface area (Å²) >= 11 is 0. The van der Waals surface area contributed by atoms with Crippen molar-refractivity contribution in [2.45, 2.75) is 6.92 Å². The van der Waals surface area contributed by atoms with Gasteiger partial charge in [-0.15, -0.1) is 0 Å². The minimum Gasteiger partial charge on any atom is -0.484 e. The Balaban J connectivity index is 1.29. The number of aryl methyl sites for hydroxylation is 1. The first kappa shape index (κ1) is 19.0. The van der Waals surface area contributed by atoms with E-state index in [0.717, 1.165) is 16.3 Å². The van der Waals surface area contributed by atoms with Crippen LogP contribution in [-0.4, -0.2) is 54.4 Å². The lowest BCUT2D eigenvalue weighted by molar-refractivity contribution is -0.134. The largest absolute Gasteiger partial charge is 0.484 e. The third-order valence-corrected chi connectivity index (χ3v) is 5.30. The summed E-state index contributed by atoms with van der Waals surface area (Å²) in [5.41, 5.74) is 1.82. The molecule has 148 valence electrons. The molecule has 5 nitrogen and oxygen atoms in total. The van der Waals surface area contributed by atoms with Crippen molar-refractivity contribution in [2.24, 2.45) is 0 Å². The van der Waals surface area contributed by atoms with Crippen molar-refractivity contribution in [3.05, 3.63) is 77.9 Å². The first-order valence-corrected chi connectivity index (χ1v) is 9.85. The van der Waals surface area contributed by atoms with Gasteiger partial charge >= 0.3 is 0 Å². The Kier molecular flexibility index (Phi) is 5.47. The Morgan fingerprint density at radius 1 is 0.828 bits per heavy atom. The number of hydrogen-bond acceptors (Lipinski definition) is 3. The van der Waals surface area contributed by atoms with Gasteiger partial charge in [0.2, 0.25) is 0 Å². The van der Waals surface area contributed by atoms with Gasteiger partial charge in [-0.25, -0.2) is 0 Å². The number of fused-ring (bicyclic) bond motifs is 1. The predicted octanol–water partition coefficient (Wildman–Crippen LogP) is 3.51. The summed E-state index contributed by atoms with van der Waals surface area (Å²) in [5, 5.41) is 2.22. The van der Waals surface area contributed by atoms with Crippen LogP contribution in [0.5, 0.6) is 5.75 Å². The van der Waals surface area contributed by atoms with E-state index in [1.54, 1.807) is 9.80 Å². The zero-order chi connectivity index (χ0) is 20.2. The predicted molar refractivity (Wildman–Crippen MR) is 113 cm³/mol. The van der Waals surface area contributed by atoms with Crippen LogP contribution in [0.2, 0.25) is 0 Å². The fraction of sp³-hybridized carbons (Fsp3) is 0.250. The van der Waals surface area contributed by atoms with E-state index in [1.165, 1.54) is 0 Å². The van der Waals surface area contributed by atoms with Gasteiger partial charge in [0.05, 0.1) is 0 Å². The monoisotopic (exact) mass is 388 g/mol. The number of rotatable bonds is 4. The number of ether oxygens (including phenoxy) is 1. The Bertz CT molecular complexity index is 1020. The second-order valence-electron chi connectivity index (χ2n) is 7.34. The molecule has 5 heteroatoms. The maximum atomic E-state index is 12.6. The van der Waals surface area contributed by atoms with E-state index in [4.69, 9.17) is 4.74 Å². The van der Waals surface area contributed by atoms with Gasteiger partial charge in [-0.05, 0) is 42.0 Å². The zero-order valence-electron chi connectivity index (χ0n) is 16.5. The highest BCUT2D eigenvalue weighted by atomic mass is 16.5. The summed E-state index contributed by atoms with van der Waals surface area (Å²) in [6.07, 6.45) is 0. The molecule has 1 aliphatic heterocycles. The van der Waals surface area contributed by atoms with Gasteiger partial charge in [-0.3, -0.25) is 9.59 Å². The Morgan fingerprint density at radius 2 is 1.48 bits per heavy atom. The lowest BCUT2D eigenvalue weighted by Crippen LogP contribution is -2.51. The third-order valence-electron chi connectivity index (χ3n) is 5.30. The number of benzene rings is 3. The summed E-state index contributed by atoms with van der Waals surface area (Å²) in [5.74, 6) is 0.648. The summed E-state index contributed by atoms with van der Waals surface area (Å²) in [6, 6.07) is 21.5. The van der Waals surface area contributed by atoms with Crippen molar-refractivity contribution in [1.29, 1.82) is 0 Å². The highest BCUT2D eigenvalue weighted by molar-refractivity contribution is 5.94. The minimum atomic E-state index is -0.0550. The molecule has 0 aliphatic carbocycles. The summed E-state index contributed by atoms with van der Waals surface area (Å²) < 4.78 is 5.71. The lowest BCUT2D eigenvalue weighted by atomic mass is 10.1. The molecule has 29 heavy (non-hydrogen) atoms. The molecule has 0 unspecified atom stereocenters. The highest BCUT2D eigenvalue weighted by Gasteiger charge is 2.25. The standard InChI is InChI=1S/C24H24N2O3/c1-18-6-8-20(9-7-18)24(28)26-14-12-25(13-15-26)23(27)17-29-22-11-10-19-4-2-3-5-21(19)16-22/h2-11,16H,12-15,17H2,1H3. The van der Waals surface area contributed by atoms with E-state index in [2.05, 4.69) is 0 Å². The molecule has 0 atom stereocenters. The molecule has 1 aliphatic rings. The van der Waals surface area contributed by atoms with Crippen molar-refractivity contribution < 1.29 is 14.3 Å². The molecule has 1 heterocycles. The van der Waals surface area contributed by atoms with Crippen LogP contribution in [0, 0.1) is 6.92 Å². The topological polar surface area (TPSA) is 49.9 Å². The third kappa shape index (κ3) is 4.40. The molecular formula is C24H24N2O3. The van der Waals surface area contributed by atoms with Crippen molar-refractivity contribution in [2.75, 3.05) is 32.8 Å². The quantitative estimate of drug-likeness (QED) is 0.687. The van der Waals surface area contributed by atoms with Gasteiger partial charge in [0.15, 0.2) is 6.61 Å². The number of carbonyl (C=O) groups is 2. The van der Waals surface area contributed by atoms with Gasteiger partial charge in [0.1, 0.15) is 5.75 Å². The zero-order valence-corrected chi connectivity index (χ0v) is 16.5. The molecular weight excluding hydrogens is 364 g/mol. The van der Waals surface area contributed by atoms with Crippen LogP contribution in [0.3, 0.4) is 0 Å². The van der Waals surface area contributed by atoms with Crippen LogP contribution < -0.4 is 4.74 Å². The van der Waals surface area contributed by atoms with Crippen LogP contribution in [0.1, 0.15) is 15.9 Å². The molecule has 0 saturated carbocycles. The van der Waals surface area contributed by atoms with Crippen LogP contribution in [-0.2, 0) is 4.79 Å². The van der Waals surface area contributed by atoms with Crippen molar-refractivity contribution >= 4 is 22.6 Å².